The molecule has 0 aromatic carbocycles. The highest BCUT2D eigenvalue weighted by Crippen LogP contribution is 1.99. The Morgan fingerprint density at radius 1 is 1.80 bits per heavy atom. The number of rotatable bonds is 4. The van der Waals surface area contributed by atoms with Crippen LogP contribution >= 0.6 is 0 Å². The van der Waals surface area contributed by atoms with Gasteiger partial charge in [0.05, 0.1) is 0 Å². The molecule has 0 aliphatic heterocycles. The first kappa shape index (κ1) is 9.17. The zero-order valence-corrected chi connectivity index (χ0v) is 6.35. The van der Waals surface area contributed by atoms with E-state index >= 15 is 0 Å². The topological polar surface area (TPSA) is 49.3 Å². The molecule has 0 aromatic rings. The lowest BCUT2D eigenvalue weighted by atomic mass is 10.1. The normalized spacial score (nSPS) is 11.0. The predicted molar refractivity (Wildman–Crippen MR) is 39.9 cm³/mol. The maximum atomic E-state index is 10.4. The maximum Gasteiger partial charge on any atom is 0.323 e. The average molecular weight is 143 g/mol. The molecule has 0 aromatic heterocycles. The molecule has 3 heteroatoms. The van der Waals surface area contributed by atoms with E-state index < -0.39 is 11.5 Å². The van der Waals surface area contributed by atoms with Gasteiger partial charge in [0.1, 0.15) is 5.54 Å². The predicted octanol–water partition coefficient (Wildman–Crippen LogP) is 0.625. The third kappa shape index (κ3) is 2.64. The summed E-state index contributed by atoms with van der Waals surface area (Å²) in [6, 6.07) is 0. The number of carboxylic acid groups (broad SMARTS) is 1. The van der Waals surface area contributed by atoms with Crippen LogP contribution in [0.15, 0.2) is 12.7 Å². The van der Waals surface area contributed by atoms with Crippen LogP contribution in [0.3, 0.4) is 0 Å². The Labute approximate surface area is 60.7 Å². The third-order valence-electron chi connectivity index (χ3n) is 1.22. The highest BCUT2D eigenvalue weighted by atomic mass is 16.4. The number of hydrogen-bond donors (Lipinski definition) is 2. The third-order valence-corrected chi connectivity index (χ3v) is 1.22. The van der Waals surface area contributed by atoms with E-state index in [-0.39, 0.29) is 0 Å². The molecule has 0 heterocycles. The minimum atomic E-state index is -0.853. The molecule has 3 nitrogen and oxygen atoms in total. The molecule has 0 aliphatic carbocycles. The fourth-order valence-corrected chi connectivity index (χ4v) is 0.403. The fourth-order valence-electron chi connectivity index (χ4n) is 0.403. The molecule has 0 rings (SSSR count). The molecule has 0 bridgehead atoms. The van der Waals surface area contributed by atoms with Gasteiger partial charge in [-0.15, -0.1) is 6.58 Å². The van der Waals surface area contributed by atoms with Gasteiger partial charge in [-0.05, 0) is 13.8 Å². The van der Waals surface area contributed by atoms with E-state index in [0.29, 0.717) is 6.54 Å². The highest BCUT2D eigenvalue weighted by Gasteiger charge is 2.24. The van der Waals surface area contributed by atoms with Gasteiger partial charge in [-0.3, -0.25) is 10.1 Å². The molecular formula is C7H13NO2. The zero-order chi connectivity index (χ0) is 8.20. The largest absolute Gasteiger partial charge is 0.480 e. The van der Waals surface area contributed by atoms with Crippen molar-refractivity contribution in [1.82, 2.24) is 5.32 Å². The minimum Gasteiger partial charge on any atom is -0.480 e. The Hall–Kier alpha value is -0.830. The minimum absolute atomic E-state index is 0.513. The summed E-state index contributed by atoms with van der Waals surface area (Å²) in [6.07, 6.45) is 1.63. The van der Waals surface area contributed by atoms with Crippen molar-refractivity contribution in [3.05, 3.63) is 12.7 Å². The lowest BCUT2D eigenvalue weighted by Crippen LogP contribution is -2.46. The number of aliphatic carboxylic acids is 1. The second-order valence-corrected chi connectivity index (χ2v) is 2.60. The first-order valence-electron chi connectivity index (χ1n) is 3.10. The summed E-state index contributed by atoms with van der Waals surface area (Å²) < 4.78 is 0. The van der Waals surface area contributed by atoms with Gasteiger partial charge < -0.3 is 5.11 Å². The second-order valence-electron chi connectivity index (χ2n) is 2.60. The molecule has 0 aliphatic rings. The van der Waals surface area contributed by atoms with Gasteiger partial charge >= 0.3 is 5.97 Å². The van der Waals surface area contributed by atoms with E-state index in [1.165, 1.54) is 0 Å². The van der Waals surface area contributed by atoms with Gasteiger partial charge in [0.15, 0.2) is 0 Å². The van der Waals surface area contributed by atoms with E-state index in [1.807, 2.05) is 0 Å². The van der Waals surface area contributed by atoms with Crippen LogP contribution in [0.25, 0.3) is 0 Å². The van der Waals surface area contributed by atoms with Crippen LogP contribution in [-0.4, -0.2) is 23.2 Å². The van der Waals surface area contributed by atoms with Crippen molar-refractivity contribution in [2.24, 2.45) is 0 Å². The number of carbonyl (C=O) groups is 1. The average Bonchev–Trinajstić information content (AvgIpc) is 1.84. The van der Waals surface area contributed by atoms with Crippen LogP contribution in [0.1, 0.15) is 13.8 Å². The van der Waals surface area contributed by atoms with Crippen molar-refractivity contribution in [2.75, 3.05) is 6.54 Å². The van der Waals surface area contributed by atoms with E-state index in [9.17, 15) is 4.79 Å². The highest BCUT2D eigenvalue weighted by molar-refractivity contribution is 5.77. The first-order valence-corrected chi connectivity index (χ1v) is 3.10. The van der Waals surface area contributed by atoms with Crippen LogP contribution in [0.2, 0.25) is 0 Å². The maximum absolute atomic E-state index is 10.4. The van der Waals surface area contributed by atoms with Crippen molar-refractivity contribution in [1.29, 1.82) is 0 Å². The monoisotopic (exact) mass is 143 g/mol. The van der Waals surface area contributed by atoms with Crippen LogP contribution in [-0.2, 0) is 4.79 Å². The molecule has 0 fully saturated rings. The first-order chi connectivity index (χ1) is 4.50. The lowest BCUT2D eigenvalue weighted by Gasteiger charge is -2.19. The summed E-state index contributed by atoms with van der Waals surface area (Å²) in [5, 5.41) is 11.4. The Morgan fingerprint density at radius 3 is 2.60 bits per heavy atom. The number of hydrogen-bond acceptors (Lipinski definition) is 2. The summed E-state index contributed by atoms with van der Waals surface area (Å²) in [6.45, 7) is 7.20. The van der Waals surface area contributed by atoms with Crippen LogP contribution in [0.5, 0.6) is 0 Å². The molecule has 10 heavy (non-hydrogen) atoms. The van der Waals surface area contributed by atoms with Gasteiger partial charge in [0.25, 0.3) is 0 Å². The Balaban J connectivity index is 3.86. The Bertz CT molecular complexity index is 141. The van der Waals surface area contributed by atoms with Gasteiger partial charge in [-0.25, -0.2) is 0 Å². The molecule has 0 saturated carbocycles. The SMILES string of the molecule is C=CCNC(C)(C)C(=O)O. The van der Waals surface area contributed by atoms with Crippen molar-refractivity contribution in [3.8, 4) is 0 Å². The molecule has 0 saturated heterocycles. The summed E-state index contributed by atoms with van der Waals surface area (Å²) >= 11 is 0. The smallest absolute Gasteiger partial charge is 0.323 e. The molecule has 2 N–H and O–H groups in total. The van der Waals surface area contributed by atoms with E-state index in [2.05, 4.69) is 11.9 Å². The van der Waals surface area contributed by atoms with Gasteiger partial charge in [0, 0.05) is 6.54 Å². The van der Waals surface area contributed by atoms with Crippen molar-refractivity contribution in [2.45, 2.75) is 19.4 Å². The van der Waals surface area contributed by atoms with E-state index in [1.54, 1.807) is 19.9 Å². The van der Waals surface area contributed by atoms with Crippen molar-refractivity contribution >= 4 is 5.97 Å². The van der Waals surface area contributed by atoms with E-state index in [4.69, 9.17) is 5.11 Å². The van der Waals surface area contributed by atoms with Crippen molar-refractivity contribution in [3.63, 3.8) is 0 Å². The van der Waals surface area contributed by atoms with Crippen molar-refractivity contribution < 1.29 is 9.90 Å². The summed E-state index contributed by atoms with van der Waals surface area (Å²) in [5.74, 6) is -0.852. The zero-order valence-electron chi connectivity index (χ0n) is 6.35. The number of nitrogens with one attached hydrogen (secondary N) is 1. The van der Waals surface area contributed by atoms with Crippen LogP contribution < -0.4 is 5.32 Å². The molecular weight excluding hydrogens is 130 g/mol. The summed E-state index contributed by atoms with van der Waals surface area (Å²) in [7, 11) is 0. The standard InChI is InChI=1S/C7H13NO2/c1-4-5-8-7(2,3)6(9)10/h4,8H,1,5H2,2-3H3,(H,9,10). The lowest BCUT2D eigenvalue weighted by molar-refractivity contribution is -0.143. The Morgan fingerprint density at radius 2 is 2.30 bits per heavy atom. The van der Waals surface area contributed by atoms with Gasteiger partial charge in [-0.2, -0.15) is 0 Å². The molecule has 0 radical (unpaired) electrons. The quantitative estimate of drug-likeness (QED) is 0.567. The molecule has 0 amide bonds. The molecule has 0 unspecified atom stereocenters. The summed E-state index contributed by atoms with van der Waals surface area (Å²) in [5.41, 5.74) is -0.853. The van der Waals surface area contributed by atoms with Crippen LogP contribution in [0, 0.1) is 0 Å². The number of carboxylic acids is 1. The fraction of sp³-hybridized carbons (Fsp3) is 0.571. The summed E-state index contributed by atoms with van der Waals surface area (Å²) in [4.78, 5) is 10.4. The molecule has 0 atom stereocenters. The molecule has 58 valence electrons. The van der Waals surface area contributed by atoms with Gasteiger partial charge in [0.2, 0.25) is 0 Å². The van der Waals surface area contributed by atoms with Crippen LogP contribution in [0.4, 0.5) is 0 Å². The van der Waals surface area contributed by atoms with E-state index in [0.717, 1.165) is 0 Å². The second kappa shape index (κ2) is 3.37. The van der Waals surface area contributed by atoms with Gasteiger partial charge in [-0.1, -0.05) is 6.08 Å². The molecule has 0 spiro atoms. The Kier molecular flexibility index (Phi) is 3.09.